The van der Waals surface area contributed by atoms with E-state index in [-0.39, 0.29) is 0 Å². The molecule has 0 bridgehead atoms. The number of ether oxygens (including phenoxy) is 1. The van der Waals surface area contributed by atoms with Crippen LogP contribution in [0.5, 0.6) is 5.75 Å². The van der Waals surface area contributed by atoms with Gasteiger partial charge in [0.25, 0.3) is 0 Å². The lowest BCUT2D eigenvalue weighted by atomic mass is 10.2. The van der Waals surface area contributed by atoms with Crippen molar-refractivity contribution < 1.29 is 4.74 Å². The maximum Gasteiger partial charge on any atom is 0.225 e. The van der Waals surface area contributed by atoms with E-state index in [1.807, 2.05) is 37.3 Å². The van der Waals surface area contributed by atoms with Gasteiger partial charge in [0.05, 0.1) is 7.11 Å². The van der Waals surface area contributed by atoms with E-state index in [9.17, 15) is 0 Å². The summed E-state index contributed by atoms with van der Waals surface area (Å²) in [5.74, 6) is 2.33. The molecule has 0 aliphatic rings. The molecule has 1 aromatic heterocycles. The predicted molar refractivity (Wildman–Crippen MR) is 94.1 cm³/mol. The van der Waals surface area contributed by atoms with Crippen LogP contribution in [-0.2, 0) is 6.54 Å². The van der Waals surface area contributed by atoms with Gasteiger partial charge >= 0.3 is 0 Å². The van der Waals surface area contributed by atoms with E-state index >= 15 is 0 Å². The van der Waals surface area contributed by atoms with Gasteiger partial charge in [0.15, 0.2) is 0 Å². The first-order valence-corrected chi connectivity index (χ1v) is 7.68. The maximum atomic E-state index is 5.16. The number of nitrogens with zero attached hydrogens (tertiary/aromatic N) is 3. The number of rotatable bonds is 8. The molecule has 0 spiro atoms. The summed E-state index contributed by atoms with van der Waals surface area (Å²) < 4.78 is 5.16. The maximum absolute atomic E-state index is 5.16. The van der Waals surface area contributed by atoms with Gasteiger partial charge in [-0.3, -0.25) is 0 Å². The zero-order valence-electron chi connectivity index (χ0n) is 14.3. The Bertz CT molecular complexity index is 613. The van der Waals surface area contributed by atoms with Crippen LogP contribution in [0.15, 0.2) is 30.3 Å². The Morgan fingerprint density at radius 2 is 1.83 bits per heavy atom. The Labute approximate surface area is 137 Å². The van der Waals surface area contributed by atoms with Crippen LogP contribution in [0.25, 0.3) is 0 Å². The second kappa shape index (κ2) is 8.33. The molecule has 2 aromatic rings. The highest BCUT2D eigenvalue weighted by Gasteiger charge is 2.03. The summed E-state index contributed by atoms with van der Waals surface area (Å²) in [7, 11) is 5.77. The van der Waals surface area contributed by atoms with Crippen LogP contribution in [0.3, 0.4) is 0 Å². The van der Waals surface area contributed by atoms with E-state index in [0.717, 1.165) is 35.9 Å². The molecule has 124 valence electrons. The molecule has 0 aliphatic carbocycles. The van der Waals surface area contributed by atoms with Crippen LogP contribution in [0.1, 0.15) is 11.3 Å². The van der Waals surface area contributed by atoms with Crippen molar-refractivity contribution in [2.24, 2.45) is 0 Å². The Morgan fingerprint density at radius 3 is 2.48 bits per heavy atom. The summed E-state index contributed by atoms with van der Waals surface area (Å²) in [5.41, 5.74) is 2.09. The molecule has 0 atom stereocenters. The fourth-order valence-electron chi connectivity index (χ4n) is 2.07. The third-order valence-electron chi connectivity index (χ3n) is 3.33. The van der Waals surface area contributed by atoms with Crippen molar-refractivity contribution in [3.8, 4) is 5.75 Å². The van der Waals surface area contributed by atoms with E-state index in [2.05, 4.69) is 39.6 Å². The van der Waals surface area contributed by atoms with Gasteiger partial charge < -0.3 is 20.3 Å². The van der Waals surface area contributed by atoms with Crippen LogP contribution in [0, 0.1) is 6.92 Å². The zero-order valence-corrected chi connectivity index (χ0v) is 14.3. The van der Waals surface area contributed by atoms with Gasteiger partial charge in [0.1, 0.15) is 11.6 Å². The van der Waals surface area contributed by atoms with Crippen LogP contribution in [0.4, 0.5) is 11.8 Å². The van der Waals surface area contributed by atoms with Gasteiger partial charge in [-0.15, -0.1) is 0 Å². The Morgan fingerprint density at radius 1 is 1.09 bits per heavy atom. The average molecular weight is 315 g/mol. The first-order chi connectivity index (χ1) is 11.1. The van der Waals surface area contributed by atoms with Gasteiger partial charge in [-0.1, -0.05) is 12.1 Å². The lowest BCUT2D eigenvalue weighted by Crippen LogP contribution is -2.21. The molecule has 0 radical (unpaired) electrons. The molecule has 0 fully saturated rings. The molecule has 0 unspecified atom stereocenters. The van der Waals surface area contributed by atoms with Crippen molar-refractivity contribution in [1.29, 1.82) is 0 Å². The van der Waals surface area contributed by atoms with Gasteiger partial charge in [-0.05, 0) is 38.7 Å². The van der Waals surface area contributed by atoms with Gasteiger partial charge in [-0.25, -0.2) is 4.98 Å². The summed E-state index contributed by atoms with van der Waals surface area (Å²) in [4.78, 5) is 11.1. The van der Waals surface area contributed by atoms with Crippen LogP contribution < -0.4 is 15.4 Å². The second-order valence-corrected chi connectivity index (χ2v) is 5.65. The van der Waals surface area contributed by atoms with Crippen LogP contribution >= 0.6 is 0 Å². The fourth-order valence-corrected chi connectivity index (χ4v) is 2.07. The summed E-state index contributed by atoms with van der Waals surface area (Å²) in [6.45, 7) is 4.45. The second-order valence-electron chi connectivity index (χ2n) is 5.65. The molecule has 2 N–H and O–H groups in total. The molecular formula is C17H25N5O. The smallest absolute Gasteiger partial charge is 0.225 e. The number of hydrogen-bond donors (Lipinski definition) is 2. The number of aryl methyl sites for hydroxylation is 1. The molecule has 0 aliphatic heterocycles. The van der Waals surface area contributed by atoms with Crippen molar-refractivity contribution in [3.63, 3.8) is 0 Å². The van der Waals surface area contributed by atoms with Crippen molar-refractivity contribution >= 4 is 11.8 Å². The minimum atomic E-state index is 0.633. The molecule has 0 saturated heterocycles. The lowest BCUT2D eigenvalue weighted by molar-refractivity contribution is 0.414. The van der Waals surface area contributed by atoms with Crippen LogP contribution in [-0.4, -0.2) is 49.2 Å². The summed E-state index contributed by atoms with van der Waals surface area (Å²) in [6, 6.07) is 9.90. The third-order valence-corrected chi connectivity index (χ3v) is 3.33. The van der Waals surface area contributed by atoms with Crippen molar-refractivity contribution in [1.82, 2.24) is 14.9 Å². The minimum absolute atomic E-state index is 0.633. The zero-order chi connectivity index (χ0) is 16.7. The summed E-state index contributed by atoms with van der Waals surface area (Å²) in [6.07, 6.45) is 0. The number of likely N-dealkylation sites (N-methyl/N-ethyl adjacent to an activating group) is 1. The highest BCUT2D eigenvalue weighted by molar-refractivity contribution is 5.42. The molecule has 2 rings (SSSR count). The van der Waals surface area contributed by atoms with E-state index in [0.29, 0.717) is 12.5 Å². The minimum Gasteiger partial charge on any atom is -0.497 e. The Kier molecular flexibility index (Phi) is 6.17. The molecular weight excluding hydrogens is 290 g/mol. The van der Waals surface area contributed by atoms with E-state index in [4.69, 9.17) is 4.74 Å². The molecule has 6 heteroatoms. The number of methoxy groups -OCH3 is 1. The van der Waals surface area contributed by atoms with Crippen LogP contribution in [0.2, 0.25) is 0 Å². The normalized spacial score (nSPS) is 10.7. The van der Waals surface area contributed by atoms with E-state index in [1.165, 1.54) is 0 Å². The number of nitrogens with one attached hydrogen (secondary N) is 2. The Hall–Kier alpha value is -2.34. The van der Waals surface area contributed by atoms with E-state index in [1.54, 1.807) is 7.11 Å². The van der Waals surface area contributed by atoms with Gasteiger partial charge in [0, 0.05) is 31.4 Å². The third kappa shape index (κ3) is 5.75. The number of benzene rings is 1. The lowest BCUT2D eigenvalue weighted by Gasteiger charge is -2.12. The predicted octanol–water partition coefficient (Wildman–Crippen LogP) is 2.38. The van der Waals surface area contributed by atoms with E-state index < -0.39 is 0 Å². The molecule has 1 heterocycles. The van der Waals surface area contributed by atoms with Gasteiger partial charge in [0.2, 0.25) is 5.95 Å². The standard InChI is InChI=1S/C17H25N5O/c1-13-11-16(18-9-10-22(2)3)21-17(20-13)19-12-14-5-7-15(23-4)8-6-14/h5-8,11H,9-10,12H2,1-4H3,(H2,18,19,20,21). The molecule has 23 heavy (non-hydrogen) atoms. The molecule has 0 amide bonds. The molecule has 1 aromatic carbocycles. The number of hydrogen-bond acceptors (Lipinski definition) is 6. The topological polar surface area (TPSA) is 62.3 Å². The summed E-state index contributed by atoms with van der Waals surface area (Å²) in [5, 5.41) is 6.59. The highest BCUT2D eigenvalue weighted by Crippen LogP contribution is 2.13. The Balaban J connectivity index is 1.94. The summed E-state index contributed by atoms with van der Waals surface area (Å²) >= 11 is 0. The average Bonchev–Trinajstić information content (AvgIpc) is 2.52. The fraction of sp³-hybridized carbons (Fsp3) is 0.412. The quantitative estimate of drug-likeness (QED) is 0.780. The van der Waals surface area contributed by atoms with Crippen molar-refractivity contribution in [3.05, 3.63) is 41.6 Å². The molecule has 6 nitrogen and oxygen atoms in total. The number of aromatic nitrogens is 2. The SMILES string of the molecule is COc1ccc(CNc2nc(C)cc(NCCN(C)C)n2)cc1. The molecule has 0 saturated carbocycles. The largest absolute Gasteiger partial charge is 0.497 e. The first-order valence-electron chi connectivity index (χ1n) is 7.68. The number of anilines is 2. The van der Waals surface area contributed by atoms with Crippen molar-refractivity contribution in [2.75, 3.05) is 44.9 Å². The monoisotopic (exact) mass is 315 g/mol. The first kappa shape index (κ1) is 17.0. The van der Waals surface area contributed by atoms with Gasteiger partial charge in [-0.2, -0.15) is 4.98 Å². The highest BCUT2D eigenvalue weighted by atomic mass is 16.5. The van der Waals surface area contributed by atoms with Crippen molar-refractivity contribution in [2.45, 2.75) is 13.5 Å².